The van der Waals surface area contributed by atoms with Gasteiger partial charge in [0, 0.05) is 10.6 Å². The first kappa shape index (κ1) is 22.0. The molecule has 0 heterocycles. The van der Waals surface area contributed by atoms with Crippen LogP contribution >= 0.6 is 11.8 Å². The maximum absolute atomic E-state index is 12.2. The molecule has 0 fully saturated rings. The second-order valence-electron chi connectivity index (χ2n) is 6.13. The third-order valence-corrected chi connectivity index (χ3v) is 4.92. The predicted molar refractivity (Wildman–Crippen MR) is 110 cm³/mol. The molecule has 0 atom stereocenters. The summed E-state index contributed by atoms with van der Waals surface area (Å²) in [5.74, 6) is -2.04. The fourth-order valence-electron chi connectivity index (χ4n) is 2.26. The highest BCUT2D eigenvalue weighted by molar-refractivity contribution is 8.00. The van der Waals surface area contributed by atoms with Gasteiger partial charge in [-0.3, -0.25) is 14.9 Å². The van der Waals surface area contributed by atoms with Crippen LogP contribution in [0, 0.1) is 13.8 Å². The van der Waals surface area contributed by atoms with Gasteiger partial charge in [0.05, 0.1) is 11.3 Å². The van der Waals surface area contributed by atoms with Gasteiger partial charge in [0.15, 0.2) is 6.61 Å². The summed E-state index contributed by atoms with van der Waals surface area (Å²) in [6, 6.07) is 11.1. The molecular formula is C20H21N3O5S. The Morgan fingerprint density at radius 3 is 2.45 bits per heavy atom. The lowest BCUT2D eigenvalue weighted by molar-refractivity contribution is -0.123. The van der Waals surface area contributed by atoms with Crippen LogP contribution in [0.2, 0.25) is 0 Å². The number of nitrogens with one attached hydrogen (secondary N) is 2. The highest BCUT2D eigenvalue weighted by Gasteiger charge is 2.16. The summed E-state index contributed by atoms with van der Waals surface area (Å²) in [5.41, 5.74) is 7.93. The van der Waals surface area contributed by atoms with E-state index in [9.17, 15) is 19.2 Å². The van der Waals surface area contributed by atoms with Gasteiger partial charge in [-0.15, -0.1) is 11.8 Å². The Morgan fingerprint density at radius 2 is 1.76 bits per heavy atom. The van der Waals surface area contributed by atoms with Crippen molar-refractivity contribution in [1.82, 2.24) is 5.32 Å². The first-order valence-electron chi connectivity index (χ1n) is 8.61. The lowest BCUT2D eigenvalue weighted by Gasteiger charge is -2.10. The van der Waals surface area contributed by atoms with Gasteiger partial charge >= 0.3 is 12.0 Å². The van der Waals surface area contributed by atoms with E-state index in [1.165, 1.54) is 6.07 Å². The number of benzene rings is 2. The number of aryl methyl sites for hydroxylation is 2. The smallest absolute Gasteiger partial charge is 0.339 e. The van der Waals surface area contributed by atoms with Crippen molar-refractivity contribution in [2.75, 3.05) is 17.7 Å². The van der Waals surface area contributed by atoms with Gasteiger partial charge in [-0.25, -0.2) is 9.59 Å². The topological polar surface area (TPSA) is 128 Å². The number of carbonyl (C=O) groups is 4. The molecule has 2 aromatic rings. The maximum atomic E-state index is 12.2. The Morgan fingerprint density at radius 1 is 1.03 bits per heavy atom. The third kappa shape index (κ3) is 6.96. The number of urea groups is 1. The molecule has 0 radical (unpaired) electrons. The fourth-order valence-corrected chi connectivity index (χ4v) is 3.04. The molecule has 152 valence electrons. The van der Waals surface area contributed by atoms with Gasteiger partial charge in [0.2, 0.25) is 5.91 Å². The monoisotopic (exact) mass is 415 g/mol. The summed E-state index contributed by atoms with van der Waals surface area (Å²) in [6.45, 7) is 3.22. The number of esters is 1. The Balaban J connectivity index is 1.87. The van der Waals surface area contributed by atoms with Crippen LogP contribution < -0.4 is 16.4 Å². The number of primary amides is 1. The molecule has 2 aromatic carbocycles. The number of anilines is 1. The first-order chi connectivity index (χ1) is 13.8. The molecular weight excluding hydrogens is 394 g/mol. The molecule has 0 aliphatic rings. The molecule has 0 spiro atoms. The standard InChI is InChI=1S/C20H21N3O5S/c1-12-7-8-14(9-13(12)2)22-20(27)23-18(25)10-28-19(26)15-5-3-4-6-16(15)29-11-17(21)24/h3-9H,10-11H2,1-2H3,(H2,21,24)(H2,22,23,25,27). The number of rotatable bonds is 7. The predicted octanol–water partition coefficient (Wildman–Crippen LogP) is 2.39. The zero-order valence-electron chi connectivity index (χ0n) is 16.0. The Labute approximate surface area is 172 Å². The summed E-state index contributed by atoms with van der Waals surface area (Å²) in [6.07, 6.45) is 0. The lowest BCUT2D eigenvalue weighted by atomic mass is 10.1. The lowest BCUT2D eigenvalue weighted by Crippen LogP contribution is -2.37. The molecule has 9 heteroatoms. The summed E-state index contributed by atoms with van der Waals surface area (Å²) in [4.78, 5) is 47.5. The minimum absolute atomic E-state index is 0.00341. The zero-order valence-corrected chi connectivity index (χ0v) is 16.8. The van der Waals surface area contributed by atoms with E-state index in [0.717, 1.165) is 22.9 Å². The van der Waals surface area contributed by atoms with Crippen molar-refractivity contribution in [2.45, 2.75) is 18.7 Å². The van der Waals surface area contributed by atoms with Crippen LogP contribution in [-0.2, 0) is 14.3 Å². The second-order valence-corrected chi connectivity index (χ2v) is 7.15. The average Bonchev–Trinajstić information content (AvgIpc) is 2.67. The van der Waals surface area contributed by atoms with Gasteiger partial charge in [-0.1, -0.05) is 18.2 Å². The molecule has 4 N–H and O–H groups in total. The minimum Gasteiger partial charge on any atom is -0.452 e. The van der Waals surface area contributed by atoms with E-state index in [1.807, 2.05) is 19.9 Å². The minimum atomic E-state index is -0.776. The number of hydrogen-bond acceptors (Lipinski definition) is 6. The van der Waals surface area contributed by atoms with Crippen molar-refractivity contribution in [2.24, 2.45) is 5.73 Å². The fraction of sp³-hybridized carbons (Fsp3) is 0.200. The quantitative estimate of drug-likeness (QED) is 0.471. The maximum Gasteiger partial charge on any atom is 0.339 e. The van der Waals surface area contributed by atoms with Gasteiger partial charge in [-0.2, -0.15) is 0 Å². The van der Waals surface area contributed by atoms with Crippen molar-refractivity contribution < 1.29 is 23.9 Å². The van der Waals surface area contributed by atoms with E-state index in [0.29, 0.717) is 10.6 Å². The van der Waals surface area contributed by atoms with Crippen LogP contribution in [0.3, 0.4) is 0 Å². The number of amides is 4. The zero-order chi connectivity index (χ0) is 21.4. The van der Waals surface area contributed by atoms with Gasteiger partial charge < -0.3 is 15.8 Å². The highest BCUT2D eigenvalue weighted by atomic mass is 32.2. The van der Waals surface area contributed by atoms with Gasteiger partial charge in [-0.05, 0) is 49.2 Å². The average molecular weight is 415 g/mol. The van der Waals surface area contributed by atoms with Crippen molar-refractivity contribution in [3.05, 3.63) is 59.2 Å². The van der Waals surface area contributed by atoms with Crippen molar-refractivity contribution in [3.63, 3.8) is 0 Å². The molecule has 0 aromatic heterocycles. The molecule has 29 heavy (non-hydrogen) atoms. The summed E-state index contributed by atoms with van der Waals surface area (Å²) < 4.78 is 4.96. The summed E-state index contributed by atoms with van der Waals surface area (Å²) >= 11 is 1.09. The van der Waals surface area contributed by atoms with Crippen LogP contribution in [0.5, 0.6) is 0 Å². The van der Waals surface area contributed by atoms with Crippen molar-refractivity contribution in [1.29, 1.82) is 0 Å². The third-order valence-electron chi connectivity index (χ3n) is 3.83. The molecule has 0 unspecified atom stereocenters. The number of imide groups is 1. The number of carbonyl (C=O) groups excluding carboxylic acids is 4. The molecule has 0 saturated heterocycles. The van der Waals surface area contributed by atoms with Crippen LogP contribution in [-0.4, -0.2) is 36.2 Å². The summed E-state index contributed by atoms with van der Waals surface area (Å²) in [5, 5.41) is 4.63. The normalized spacial score (nSPS) is 10.1. The number of thioether (sulfide) groups is 1. The second kappa shape index (κ2) is 10.3. The van der Waals surface area contributed by atoms with E-state index in [4.69, 9.17) is 10.5 Å². The van der Waals surface area contributed by atoms with E-state index >= 15 is 0 Å². The van der Waals surface area contributed by atoms with E-state index in [-0.39, 0.29) is 11.3 Å². The summed E-state index contributed by atoms with van der Waals surface area (Å²) in [7, 11) is 0. The van der Waals surface area contributed by atoms with Crippen molar-refractivity contribution in [3.8, 4) is 0 Å². The van der Waals surface area contributed by atoms with Gasteiger partial charge in [0.1, 0.15) is 0 Å². The number of ether oxygens (including phenoxy) is 1. The Kier molecular flexibility index (Phi) is 7.79. The van der Waals surface area contributed by atoms with E-state index in [1.54, 1.807) is 30.3 Å². The number of hydrogen-bond donors (Lipinski definition) is 3. The van der Waals surface area contributed by atoms with Crippen molar-refractivity contribution >= 4 is 41.3 Å². The molecule has 0 saturated carbocycles. The molecule has 0 bridgehead atoms. The first-order valence-corrected chi connectivity index (χ1v) is 9.60. The van der Waals surface area contributed by atoms with Gasteiger partial charge in [0.25, 0.3) is 5.91 Å². The molecule has 8 nitrogen and oxygen atoms in total. The Bertz CT molecular complexity index is 945. The highest BCUT2D eigenvalue weighted by Crippen LogP contribution is 2.23. The van der Waals surface area contributed by atoms with E-state index < -0.39 is 30.4 Å². The largest absolute Gasteiger partial charge is 0.452 e. The van der Waals surface area contributed by atoms with Crippen LogP contribution in [0.4, 0.5) is 10.5 Å². The SMILES string of the molecule is Cc1ccc(NC(=O)NC(=O)COC(=O)c2ccccc2SCC(N)=O)cc1C. The molecule has 0 aliphatic heterocycles. The molecule has 2 rings (SSSR count). The van der Waals surface area contributed by atoms with E-state index in [2.05, 4.69) is 10.6 Å². The number of nitrogens with two attached hydrogens (primary N) is 1. The molecule has 0 aliphatic carbocycles. The molecule has 4 amide bonds. The Hall–Kier alpha value is -3.33. The van der Waals surface area contributed by atoms with Crippen LogP contribution in [0.1, 0.15) is 21.5 Å². The van der Waals surface area contributed by atoms with Crippen LogP contribution in [0.15, 0.2) is 47.4 Å². The van der Waals surface area contributed by atoms with Crippen LogP contribution in [0.25, 0.3) is 0 Å².